The second kappa shape index (κ2) is 3.38. The Labute approximate surface area is 80.4 Å². The fourth-order valence-electron chi connectivity index (χ4n) is 1.34. The smallest absolute Gasteiger partial charge is 0.338 e. The number of carbonyl (C=O) groups excluding carboxylic acids is 1. The van der Waals surface area contributed by atoms with Gasteiger partial charge in [-0.1, -0.05) is 12.1 Å². The first-order valence-electron chi connectivity index (χ1n) is 4.21. The van der Waals surface area contributed by atoms with Crippen LogP contribution < -0.4 is 0 Å². The van der Waals surface area contributed by atoms with Gasteiger partial charge in [0.05, 0.1) is 7.11 Å². The molecule has 74 valence electrons. The summed E-state index contributed by atoms with van der Waals surface area (Å²) in [6.07, 6.45) is -0.917. The van der Waals surface area contributed by atoms with Crippen LogP contribution in [0.15, 0.2) is 24.3 Å². The lowest BCUT2D eigenvalue weighted by Crippen LogP contribution is -2.09. The van der Waals surface area contributed by atoms with Crippen LogP contribution in [0.2, 0.25) is 0 Å². The van der Waals surface area contributed by atoms with Crippen molar-refractivity contribution in [1.29, 1.82) is 0 Å². The molecule has 0 unspecified atom stereocenters. The average Bonchev–Trinajstić information content (AvgIpc) is 2.96. The zero-order chi connectivity index (χ0) is 10.1. The van der Waals surface area contributed by atoms with Crippen molar-refractivity contribution in [1.82, 2.24) is 0 Å². The Hall–Kier alpha value is -1.42. The minimum atomic E-state index is -0.568. The van der Waals surface area contributed by atoms with E-state index in [1.807, 2.05) is 0 Å². The maximum Gasteiger partial charge on any atom is 0.338 e. The molecule has 3 nitrogen and oxygen atoms in total. The summed E-state index contributed by atoms with van der Waals surface area (Å²) >= 11 is 0. The van der Waals surface area contributed by atoms with E-state index >= 15 is 0 Å². The van der Waals surface area contributed by atoms with Crippen LogP contribution in [0.5, 0.6) is 0 Å². The lowest BCUT2D eigenvalue weighted by Gasteiger charge is -1.95. The van der Waals surface area contributed by atoms with Crippen molar-refractivity contribution in [3.8, 4) is 0 Å². The molecule has 1 aliphatic heterocycles. The summed E-state index contributed by atoms with van der Waals surface area (Å²) in [5.74, 6) is -0.749. The second-order valence-corrected chi connectivity index (χ2v) is 3.06. The van der Waals surface area contributed by atoms with Crippen molar-refractivity contribution in [2.75, 3.05) is 7.11 Å². The third-order valence-electron chi connectivity index (χ3n) is 2.10. The van der Waals surface area contributed by atoms with Gasteiger partial charge in [-0.25, -0.2) is 9.18 Å². The van der Waals surface area contributed by atoms with E-state index in [1.54, 1.807) is 12.1 Å². The van der Waals surface area contributed by atoms with E-state index < -0.39 is 12.1 Å². The third-order valence-corrected chi connectivity index (χ3v) is 2.10. The van der Waals surface area contributed by atoms with Crippen LogP contribution in [0, 0.1) is 5.82 Å². The molecule has 1 aromatic carbocycles. The summed E-state index contributed by atoms with van der Waals surface area (Å²) in [4.78, 5) is 11.0. The van der Waals surface area contributed by atoms with E-state index in [9.17, 15) is 9.18 Å². The fourth-order valence-corrected chi connectivity index (χ4v) is 1.34. The Bertz CT molecular complexity index is 364. The molecule has 1 heterocycles. The largest absolute Gasteiger partial charge is 0.467 e. The van der Waals surface area contributed by atoms with E-state index in [4.69, 9.17) is 4.74 Å². The van der Waals surface area contributed by atoms with Crippen LogP contribution >= 0.6 is 0 Å². The standard InChI is InChI=1S/C10H9FO3/c1-13-10(12)9-8(14-9)6-3-2-4-7(11)5-6/h2-5,8-9H,1H3/t8-,9+/m1/s1. The Morgan fingerprint density at radius 2 is 2.36 bits per heavy atom. The van der Waals surface area contributed by atoms with E-state index in [-0.39, 0.29) is 11.9 Å². The normalized spacial score (nSPS) is 24.4. The molecule has 14 heavy (non-hydrogen) atoms. The number of rotatable bonds is 2. The van der Waals surface area contributed by atoms with Gasteiger partial charge in [-0.2, -0.15) is 0 Å². The highest BCUT2D eigenvalue weighted by Crippen LogP contribution is 2.39. The van der Waals surface area contributed by atoms with Crippen molar-refractivity contribution in [3.05, 3.63) is 35.6 Å². The van der Waals surface area contributed by atoms with Gasteiger partial charge in [0, 0.05) is 0 Å². The van der Waals surface area contributed by atoms with Gasteiger partial charge in [0.15, 0.2) is 6.10 Å². The first-order chi connectivity index (χ1) is 6.72. The van der Waals surface area contributed by atoms with Crippen molar-refractivity contribution >= 4 is 5.97 Å². The topological polar surface area (TPSA) is 38.8 Å². The Morgan fingerprint density at radius 1 is 1.57 bits per heavy atom. The maximum absolute atomic E-state index is 12.8. The first-order valence-corrected chi connectivity index (χ1v) is 4.21. The van der Waals surface area contributed by atoms with Gasteiger partial charge in [0.2, 0.25) is 0 Å². The zero-order valence-corrected chi connectivity index (χ0v) is 7.57. The Balaban J connectivity index is 2.09. The molecule has 0 bridgehead atoms. The first kappa shape index (κ1) is 9.15. The molecule has 2 atom stereocenters. The monoisotopic (exact) mass is 196 g/mol. The van der Waals surface area contributed by atoms with Gasteiger partial charge in [0.1, 0.15) is 11.9 Å². The molecule has 0 amide bonds. The van der Waals surface area contributed by atoms with E-state index in [2.05, 4.69) is 4.74 Å². The molecule has 1 fully saturated rings. The molecule has 0 aromatic heterocycles. The van der Waals surface area contributed by atoms with Crippen LogP contribution in [0.25, 0.3) is 0 Å². The minimum absolute atomic E-state index is 0.332. The van der Waals surface area contributed by atoms with Crippen LogP contribution in [-0.4, -0.2) is 19.2 Å². The average molecular weight is 196 g/mol. The van der Waals surface area contributed by atoms with Gasteiger partial charge in [-0.05, 0) is 17.7 Å². The number of halogens is 1. The number of esters is 1. The lowest BCUT2D eigenvalue weighted by atomic mass is 10.1. The van der Waals surface area contributed by atoms with E-state index in [0.717, 1.165) is 0 Å². The van der Waals surface area contributed by atoms with Gasteiger partial charge < -0.3 is 9.47 Å². The summed E-state index contributed by atoms with van der Waals surface area (Å²) in [7, 11) is 1.30. The lowest BCUT2D eigenvalue weighted by molar-refractivity contribution is -0.142. The summed E-state index contributed by atoms with van der Waals surface area (Å²) in [5, 5.41) is 0. The molecule has 1 aromatic rings. The number of carbonyl (C=O) groups is 1. The number of benzene rings is 1. The number of hydrogen-bond donors (Lipinski definition) is 0. The SMILES string of the molecule is COC(=O)[C@H]1O[C@@H]1c1cccc(F)c1. The molecular formula is C10H9FO3. The molecule has 1 aliphatic rings. The zero-order valence-electron chi connectivity index (χ0n) is 7.57. The van der Waals surface area contributed by atoms with E-state index in [1.165, 1.54) is 19.2 Å². The van der Waals surface area contributed by atoms with Gasteiger partial charge in [-0.3, -0.25) is 0 Å². The predicted octanol–water partition coefficient (Wildman–Crippen LogP) is 1.44. The van der Waals surface area contributed by atoms with Gasteiger partial charge in [0.25, 0.3) is 0 Å². The van der Waals surface area contributed by atoms with Crippen molar-refractivity contribution in [2.45, 2.75) is 12.2 Å². The van der Waals surface area contributed by atoms with Crippen molar-refractivity contribution < 1.29 is 18.7 Å². The Kier molecular flexibility index (Phi) is 2.21. The van der Waals surface area contributed by atoms with Gasteiger partial charge >= 0.3 is 5.97 Å². The summed E-state index contributed by atoms with van der Waals surface area (Å²) in [6, 6.07) is 6.00. The summed E-state index contributed by atoms with van der Waals surface area (Å²) < 4.78 is 22.4. The molecular weight excluding hydrogens is 187 g/mol. The van der Waals surface area contributed by atoms with Crippen molar-refractivity contribution in [2.24, 2.45) is 0 Å². The number of ether oxygens (including phenoxy) is 2. The molecule has 0 radical (unpaired) electrons. The second-order valence-electron chi connectivity index (χ2n) is 3.06. The van der Waals surface area contributed by atoms with Crippen LogP contribution in [-0.2, 0) is 14.3 Å². The minimum Gasteiger partial charge on any atom is -0.467 e. The maximum atomic E-state index is 12.8. The van der Waals surface area contributed by atoms with E-state index in [0.29, 0.717) is 5.56 Å². The van der Waals surface area contributed by atoms with Crippen LogP contribution in [0.4, 0.5) is 4.39 Å². The quantitative estimate of drug-likeness (QED) is 0.530. The van der Waals surface area contributed by atoms with Crippen molar-refractivity contribution in [3.63, 3.8) is 0 Å². The Morgan fingerprint density at radius 3 is 3.00 bits per heavy atom. The highest BCUT2D eigenvalue weighted by Gasteiger charge is 2.47. The highest BCUT2D eigenvalue weighted by atomic mass is 19.1. The molecule has 0 saturated carbocycles. The van der Waals surface area contributed by atoms with Crippen LogP contribution in [0.1, 0.15) is 11.7 Å². The summed E-state index contributed by atoms with van der Waals surface area (Å²) in [6.45, 7) is 0. The fraction of sp³-hybridized carbons (Fsp3) is 0.300. The molecule has 4 heteroatoms. The summed E-state index contributed by atoms with van der Waals surface area (Å²) in [5.41, 5.74) is 0.667. The molecule has 0 aliphatic carbocycles. The molecule has 0 spiro atoms. The van der Waals surface area contributed by atoms with Gasteiger partial charge in [-0.15, -0.1) is 0 Å². The number of epoxide rings is 1. The molecule has 1 saturated heterocycles. The van der Waals surface area contributed by atoms with Crippen LogP contribution in [0.3, 0.4) is 0 Å². The molecule has 0 N–H and O–H groups in total. The molecule has 2 rings (SSSR count). The highest BCUT2D eigenvalue weighted by molar-refractivity contribution is 5.78. The predicted molar refractivity (Wildman–Crippen MR) is 46.0 cm³/mol. The third kappa shape index (κ3) is 1.61. The number of hydrogen-bond acceptors (Lipinski definition) is 3. The number of methoxy groups -OCH3 is 1.